The molecule has 3 saturated carbocycles. The van der Waals surface area contributed by atoms with E-state index in [0.717, 1.165) is 0 Å². The van der Waals surface area contributed by atoms with Gasteiger partial charge >= 0.3 is 0 Å². The van der Waals surface area contributed by atoms with Crippen LogP contribution in [0.25, 0.3) is 0 Å². The average Bonchev–Trinajstić information content (AvgIpc) is 3.26. The Morgan fingerprint density at radius 2 is 1.00 bits per heavy atom. The van der Waals surface area contributed by atoms with Crippen molar-refractivity contribution < 1.29 is 57.0 Å². The SMILES string of the molecule is C#CCOCCOCCNC(=O)CCC(CCC(=O)NCCOCCOCC#C)(CCC(=O)NCCOCCOCC#C)NC(=O)C12CCC(OP(O)(=S)C(C)CC)(CC1)CC2. The fraction of sp³-hybridized carbons (Fsp3) is 0.773. The molecule has 5 N–H and O–H groups in total. The zero-order valence-electron chi connectivity index (χ0n) is 36.9. The first-order chi connectivity index (χ1) is 29.8. The van der Waals surface area contributed by atoms with Crippen LogP contribution in [0.1, 0.15) is 97.3 Å². The summed E-state index contributed by atoms with van der Waals surface area (Å²) in [5, 5.41) is 11.9. The van der Waals surface area contributed by atoms with Gasteiger partial charge in [0.25, 0.3) is 0 Å². The Hall–Kier alpha value is -3.11. The van der Waals surface area contributed by atoms with E-state index in [4.69, 9.17) is 64.0 Å². The molecular weight excluding hydrogens is 840 g/mol. The summed E-state index contributed by atoms with van der Waals surface area (Å²) in [7, 11) is 0. The fourth-order valence-corrected chi connectivity index (χ4v) is 9.72. The van der Waals surface area contributed by atoms with Gasteiger partial charge in [0.15, 0.2) is 6.49 Å². The van der Waals surface area contributed by atoms with Crippen molar-refractivity contribution in [3.63, 3.8) is 0 Å². The number of ether oxygens (including phenoxy) is 6. The molecule has 0 aromatic carbocycles. The molecule has 0 spiro atoms. The highest BCUT2D eigenvalue weighted by Gasteiger charge is 2.55. The van der Waals surface area contributed by atoms with Crippen LogP contribution in [0, 0.1) is 42.4 Å². The Morgan fingerprint density at radius 1 is 0.645 bits per heavy atom. The third-order valence-electron chi connectivity index (χ3n) is 11.4. The molecule has 0 heterocycles. The van der Waals surface area contributed by atoms with Crippen molar-refractivity contribution in [2.75, 3.05) is 98.9 Å². The zero-order valence-corrected chi connectivity index (χ0v) is 38.6. The molecule has 3 fully saturated rings. The van der Waals surface area contributed by atoms with Crippen molar-refractivity contribution in [2.24, 2.45) is 5.41 Å². The van der Waals surface area contributed by atoms with Gasteiger partial charge in [-0.05, 0) is 76.0 Å². The van der Waals surface area contributed by atoms with Gasteiger partial charge in [-0.25, -0.2) is 0 Å². The summed E-state index contributed by atoms with van der Waals surface area (Å²) in [6.07, 6.45) is 20.1. The molecule has 16 nitrogen and oxygen atoms in total. The van der Waals surface area contributed by atoms with Crippen molar-refractivity contribution in [1.29, 1.82) is 0 Å². The monoisotopic (exact) mass is 910 g/mol. The molecule has 0 saturated heterocycles. The van der Waals surface area contributed by atoms with Gasteiger partial charge in [0, 0.05) is 55.5 Å². The van der Waals surface area contributed by atoms with E-state index in [9.17, 15) is 24.1 Å². The molecule has 3 rings (SSSR count). The predicted molar refractivity (Wildman–Crippen MR) is 239 cm³/mol. The smallest absolute Gasteiger partial charge is 0.226 e. The van der Waals surface area contributed by atoms with Crippen molar-refractivity contribution in [2.45, 2.75) is 114 Å². The van der Waals surface area contributed by atoms with Gasteiger partial charge in [0.05, 0.1) is 65.1 Å². The van der Waals surface area contributed by atoms with E-state index in [1.807, 2.05) is 13.8 Å². The first-order valence-electron chi connectivity index (χ1n) is 21.7. The summed E-state index contributed by atoms with van der Waals surface area (Å²) < 4.78 is 38.5. The topological polar surface area (TPSA) is 201 Å². The van der Waals surface area contributed by atoms with E-state index >= 15 is 0 Å². The Kier molecular flexibility index (Phi) is 27.4. The van der Waals surface area contributed by atoms with Crippen molar-refractivity contribution in [3.8, 4) is 37.0 Å². The molecule has 350 valence electrons. The second-order valence-corrected chi connectivity index (χ2v) is 19.5. The second-order valence-electron chi connectivity index (χ2n) is 15.8. The molecular formula is C44H71N4O12PS. The predicted octanol–water partition coefficient (Wildman–Crippen LogP) is 2.74. The summed E-state index contributed by atoms with van der Waals surface area (Å²) in [5.41, 5.74) is -2.54. The lowest BCUT2D eigenvalue weighted by Crippen LogP contribution is -2.59. The summed E-state index contributed by atoms with van der Waals surface area (Å²) in [4.78, 5) is 65.5. The first kappa shape index (κ1) is 55.0. The van der Waals surface area contributed by atoms with E-state index in [0.29, 0.717) is 84.6 Å². The summed E-state index contributed by atoms with van der Waals surface area (Å²) >= 11 is 5.59. The van der Waals surface area contributed by atoms with Crippen LogP contribution >= 0.6 is 6.49 Å². The van der Waals surface area contributed by atoms with Gasteiger partial charge in [-0.2, -0.15) is 0 Å². The molecule has 2 unspecified atom stereocenters. The van der Waals surface area contributed by atoms with Crippen molar-refractivity contribution >= 4 is 41.9 Å². The maximum absolute atomic E-state index is 14.7. The lowest BCUT2D eigenvalue weighted by molar-refractivity contribution is -0.148. The summed E-state index contributed by atoms with van der Waals surface area (Å²) in [6, 6.07) is 0. The van der Waals surface area contributed by atoms with Crippen LogP contribution in [0.2, 0.25) is 0 Å². The zero-order chi connectivity index (χ0) is 45.6. The average molecular weight is 911 g/mol. The first-order valence-corrected chi connectivity index (χ1v) is 24.5. The molecule has 0 aromatic rings. The maximum atomic E-state index is 14.7. The number of terminal acetylenes is 3. The quantitative estimate of drug-likeness (QED) is 0.0350. The number of fused-ring (bicyclic) bond motifs is 3. The second kappa shape index (κ2) is 30.9. The third kappa shape index (κ3) is 21.5. The number of carbonyl (C=O) groups is 4. The molecule has 4 amide bonds. The highest BCUT2D eigenvalue weighted by molar-refractivity contribution is 8.09. The minimum atomic E-state index is -3.04. The van der Waals surface area contributed by atoms with Crippen LogP contribution in [0.15, 0.2) is 0 Å². The van der Waals surface area contributed by atoms with Gasteiger partial charge in [0.1, 0.15) is 19.8 Å². The van der Waals surface area contributed by atoms with Crippen LogP contribution < -0.4 is 21.3 Å². The number of nitrogens with one attached hydrogen (secondary N) is 4. The minimum Gasteiger partial charge on any atom is -0.377 e. The molecule has 3 aliphatic carbocycles. The fourth-order valence-electron chi connectivity index (χ4n) is 7.33. The molecule has 3 aliphatic rings. The Bertz CT molecular complexity index is 1410. The third-order valence-corrected chi connectivity index (χ3v) is 14.8. The standard InChI is InChI=1S/C44H71N4O12PS/c1-6-25-54-31-34-57-28-22-45-38(49)10-13-43(14-11-39(50)46-23-29-58-35-32-55-26-7-2,15-12-40(51)47-24-30-59-36-33-56-27-8-3)48-41(52)42-16-19-44(20-17-42,21-18-42)60-61(53,62)37(5)9-4/h1-3,37H,9-36H2,4-5H3,(H,45,49)(H,46,50)(H,47,51)(H,48,52)(H,53,62). The van der Waals surface area contributed by atoms with Crippen LogP contribution in [0.4, 0.5) is 0 Å². The molecule has 62 heavy (non-hydrogen) atoms. The molecule has 2 atom stereocenters. The lowest BCUT2D eigenvalue weighted by Gasteiger charge is -2.54. The number of hydrogen-bond acceptors (Lipinski definition) is 12. The number of carbonyl (C=O) groups excluding carboxylic acids is 4. The van der Waals surface area contributed by atoms with Crippen LogP contribution in [-0.4, -0.2) is 144 Å². The highest BCUT2D eigenvalue weighted by atomic mass is 32.5. The van der Waals surface area contributed by atoms with Crippen LogP contribution in [-0.2, 0) is 63.9 Å². The van der Waals surface area contributed by atoms with E-state index in [1.165, 1.54) is 0 Å². The van der Waals surface area contributed by atoms with Crippen LogP contribution in [0.3, 0.4) is 0 Å². The number of hydrogen-bond donors (Lipinski definition) is 5. The van der Waals surface area contributed by atoms with E-state index in [2.05, 4.69) is 39.0 Å². The molecule has 0 aromatic heterocycles. The van der Waals surface area contributed by atoms with Gasteiger partial charge in [-0.15, -0.1) is 19.3 Å². The van der Waals surface area contributed by atoms with E-state index in [1.54, 1.807) is 0 Å². The molecule has 0 aliphatic heterocycles. The maximum Gasteiger partial charge on any atom is 0.226 e. The highest BCUT2D eigenvalue weighted by Crippen LogP contribution is 2.61. The van der Waals surface area contributed by atoms with Gasteiger partial charge in [0.2, 0.25) is 23.6 Å². The van der Waals surface area contributed by atoms with E-state index < -0.39 is 23.0 Å². The largest absolute Gasteiger partial charge is 0.377 e. The number of rotatable bonds is 36. The van der Waals surface area contributed by atoms with E-state index in [-0.39, 0.29) is 127 Å². The molecule has 0 radical (unpaired) electrons. The lowest BCUT2D eigenvalue weighted by atomic mass is 9.58. The van der Waals surface area contributed by atoms with Crippen LogP contribution in [0.5, 0.6) is 0 Å². The van der Waals surface area contributed by atoms with Gasteiger partial charge in [-0.1, -0.05) is 31.6 Å². The molecule has 18 heteroatoms. The summed E-state index contributed by atoms with van der Waals surface area (Å²) in [5.74, 6) is 6.16. The van der Waals surface area contributed by atoms with Crippen molar-refractivity contribution in [3.05, 3.63) is 0 Å². The minimum absolute atomic E-state index is 0.0145. The Balaban J connectivity index is 2.21. The normalized spacial score (nSPS) is 19.5. The van der Waals surface area contributed by atoms with Crippen molar-refractivity contribution in [1.82, 2.24) is 21.3 Å². The number of amides is 4. The Labute approximate surface area is 374 Å². The Morgan fingerprint density at radius 3 is 1.34 bits per heavy atom. The van der Waals surface area contributed by atoms with Gasteiger partial charge < -0.3 is 59.1 Å². The molecule has 2 bridgehead atoms. The summed E-state index contributed by atoms with van der Waals surface area (Å²) in [6.45, 7) is 4.88. The van der Waals surface area contributed by atoms with Gasteiger partial charge in [-0.3, -0.25) is 19.2 Å².